The molecule has 1 heterocycles. The van der Waals surface area contributed by atoms with Crippen molar-refractivity contribution in [3.05, 3.63) is 248 Å². The van der Waals surface area contributed by atoms with Gasteiger partial charge in [0.2, 0.25) is 0 Å². The van der Waals surface area contributed by atoms with Gasteiger partial charge in [-0.1, -0.05) is 196 Å². The molecule has 0 aliphatic heterocycles. The van der Waals surface area contributed by atoms with Crippen molar-refractivity contribution in [3.63, 3.8) is 0 Å². The first-order chi connectivity index (χ1) is 33.0. The third-order valence-corrected chi connectivity index (χ3v) is 14.3. The van der Waals surface area contributed by atoms with Gasteiger partial charge in [0.15, 0.2) is 0 Å². The van der Waals surface area contributed by atoms with Crippen molar-refractivity contribution in [1.82, 2.24) is 0 Å². The van der Waals surface area contributed by atoms with Crippen LogP contribution in [0.3, 0.4) is 0 Å². The maximum atomic E-state index is 6.74. The monoisotopic (exact) mass is 855 g/mol. The molecule has 0 unspecified atom stereocenters. The first-order valence-corrected chi connectivity index (χ1v) is 23.2. The molecule has 0 saturated carbocycles. The van der Waals surface area contributed by atoms with E-state index in [1.807, 2.05) is 0 Å². The number of benzene rings is 11. The van der Waals surface area contributed by atoms with Crippen molar-refractivity contribution in [2.24, 2.45) is 0 Å². The second kappa shape index (κ2) is 15.3. The Morgan fingerprint density at radius 1 is 0.328 bits per heavy atom. The second-order valence-electron chi connectivity index (χ2n) is 18.5. The van der Waals surface area contributed by atoms with Crippen LogP contribution in [0.25, 0.3) is 99.1 Å². The lowest BCUT2D eigenvalue weighted by molar-refractivity contribution is 0.660. The van der Waals surface area contributed by atoms with Crippen molar-refractivity contribution >= 4 is 60.5 Å². The fraction of sp³-hybridized carbons (Fsp3) is 0.0462. The Bertz CT molecular complexity index is 3840. The normalized spacial score (nSPS) is 12.7. The molecule has 0 bridgehead atoms. The molecule has 0 saturated heterocycles. The van der Waals surface area contributed by atoms with E-state index in [1.165, 1.54) is 88.0 Å². The van der Waals surface area contributed by atoms with Crippen LogP contribution in [0.2, 0.25) is 0 Å². The predicted octanol–water partition coefficient (Wildman–Crippen LogP) is 18.3. The Balaban J connectivity index is 0.794. The molecule has 67 heavy (non-hydrogen) atoms. The van der Waals surface area contributed by atoms with Crippen molar-refractivity contribution in [2.45, 2.75) is 19.3 Å². The number of hydrogen-bond donors (Lipinski definition) is 0. The highest BCUT2D eigenvalue weighted by molar-refractivity contribution is 6.28. The molecule has 0 atom stereocenters. The van der Waals surface area contributed by atoms with Crippen LogP contribution in [0.1, 0.15) is 25.0 Å². The van der Waals surface area contributed by atoms with Crippen LogP contribution in [0.5, 0.6) is 0 Å². The van der Waals surface area contributed by atoms with Gasteiger partial charge in [0, 0.05) is 38.8 Å². The van der Waals surface area contributed by atoms with E-state index < -0.39 is 0 Å². The minimum absolute atomic E-state index is 0.151. The summed E-state index contributed by atoms with van der Waals surface area (Å²) in [6, 6.07) is 86.1. The highest BCUT2D eigenvalue weighted by atomic mass is 16.3. The molecule has 12 aromatic rings. The van der Waals surface area contributed by atoms with E-state index in [2.05, 4.69) is 255 Å². The largest absolute Gasteiger partial charge is 0.455 e. The van der Waals surface area contributed by atoms with Crippen LogP contribution in [-0.2, 0) is 5.41 Å². The summed E-state index contributed by atoms with van der Waals surface area (Å²) in [6.45, 7) is 4.73. The van der Waals surface area contributed by atoms with Gasteiger partial charge in [-0.05, 0) is 137 Å². The van der Waals surface area contributed by atoms with Crippen LogP contribution in [-0.4, -0.2) is 0 Å². The molecular weight excluding hydrogens is 811 g/mol. The summed E-state index contributed by atoms with van der Waals surface area (Å²) in [5.41, 5.74) is 19.9. The molecule has 11 aromatic carbocycles. The molecule has 2 heteroatoms. The van der Waals surface area contributed by atoms with Gasteiger partial charge in [0.05, 0.1) is 0 Å². The average Bonchev–Trinajstić information content (AvgIpc) is 3.90. The Hall–Kier alpha value is -8.46. The summed E-state index contributed by atoms with van der Waals surface area (Å²) in [4.78, 5) is 2.38. The smallest absolute Gasteiger partial charge is 0.143 e. The van der Waals surface area contributed by atoms with Gasteiger partial charge in [0.1, 0.15) is 11.2 Å². The van der Waals surface area contributed by atoms with E-state index in [0.29, 0.717) is 0 Å². The topological polar surface area (TPSA) is 16.4 Å². The van der Waals surface area contributed by atoms with Gasteiger partial charge in [-0.3, -0.25) is 0 Å². The van der Waals surface area contributed by atoms with Crippen LogP contribution >= 0.6 is 0 Å². The Labute approximate surface area is 390 Å². The number of furan rings is 1. The maximum Gasteiger partial charge on any atom is 0.143 e. The van der Waals surface area contributed by atoms with Gasteiger partial charge >= 0.3 is 0 Å². The maximum absolute atomic E-state index is 6.74. The van der Waals surface area contributed by atoms with Crippen molar-refractivity contribution in [3.8, 4) is 55.6 Å². The number of rotatable bonds is 7. The Morgan fingerprint density at radius 2 is 0.806 bits per heavy atom. The molecule has 1 aromatic heterocycles. The lowest BCUT2D eigenvalue weighted by Gasteiger charge is -2.28. The molecule has 1 aliphatic rings. The summed E-state index contributed by atoms with van der Waals surface area (Å²) in [7, 11) is 0. The van der Waals surface area contributed by atoms with Crippen LogP contribution in [0.4, 0.5) is 17.1 Å². The lowest BCUT2D eigenvalue weighted by Crippen LogP contribution is -2.16. The van der Waals surface area contributed by atoms with E-state index in [-0.39, 0.29) is 5.41 Å². The van der Waals surface area contributed by atoms with Gasteiger partial charge < -0.3 is 9.32 Å². The van der Waals surface area contributed by atoms with Crippen molar-refractivity contribution in [1.29, 1.82) is 0 Å². The second-order valence-corrected chi connectivity index (χ2v) is 18.5. The average molecular weight is 856 g/mol. The van der Waals surface area contributed by atoms with E-state index in [4.69, 9.17) is 4.42 Å². The SMILES string of the molecule is CC1(C)c2cc(-c3ccccc3)ccc2-c2ccc(N(c3ccccc3)c3ccc(-c4ccc(-c5ccc(-c6cc7ccccc7c7c6oc6ccc8ccccc8c67)cc5)cc4)cc3)cc21. The van der Waals surface area contributed by atoms with E-state index in [0.717, 1.165) is 39.4 Å². The number of anilines is 3. The number of fused-ring (bicyclic) bond motifs is 10. The molecule has 1 aliphatic carbocycles. The molecule has 0 fully saturated rings. The zero-order chi connectivity index (χ0) is 44.6. The molecule has 0 amide bonds. The summed E-state index contributed by atoms with van der Waals surface area (Å²) >= 11 is 0. The quantitative estimate of drug-likeness (QED) is 0.159. The van der Waals surface area contributed by atoms with Gasteiger partial charge in [-0.15, -0.1) is 0 Å². The lowest BCUT2D eigenvalue weighted by atomic mass is 9.81. The minimum Gasteiger partial charge on any atom is -0.455 e. The van der Waals surface area contributed by atoms with Crippen LogP contribution in [0.15, 0.2) is 241 Å². The Kier molecular flexibility index (Phi) is 8.91. The molecule has 0 radical (unpaired) electrons. The number of nitrogens with zero attached hydrogens (tertiary/aromatic N) is 1. The highest BCUT2D eigenvalue weighted by Gasteiger charge is 2.36. The highest BCUT2D eigenvalue weighted by Crippen LogP contribution is 2.52. The Morgan fingerprint density at radius 3 is 1.48 bits per heavy atom. The van der Waals surface area contributed by atoms with Crippen LogP contribution in [0, 0.1) is 0 Å². The minimum atomic E-state index is -0.151. The van der Waals surface area contributed by atoms with Crippen molar-refractivity contribution in [2.75, 3.05) is 4.90 Å². The number of hydrogen-bond acceptors (Lipinski definition) is 2. The van der Waals surface area contributed by atoms with Gasteiger partial charge in [0.25, 0.3) is 0 Å². The predicted molar refractivity (Wildman–Crippen MR) is 283 cm³/mol. The van der Waals surface area contributed by atoms with Crippen molar-refractivity contribution < 1.29 is 4.42 Å². The van der Waals surface area contributed by atoms with E-state index >= 15 is 0 Å². The number of para-hydroxylation sites is 1. The first kappa shape index (κ1) is 39.0. The standard InChI is InChI=1S/C65H45NO/c1-65(2)59-40-49(42-13-5-3-6-14-42)31-36-56(59)57-37-35-53(41-60(57)65)66(51-17-7-4-8-18-51)52-33-29-46(30-34-52)44-23-21-43(22-24-44)45-25-27-48(28-26-45)58-39-50-16-10-12-20-55(50)63-62-54-19-11-9-15-47(54)32-38-61(62)67-64(58)63/h3-41H,1-2H3. The molecular formula is C65H45NO. The zero-order valence-corrected chi connectivity index (χ0v) is 37.4. The van der Waals surface area contributed by atoms with E-state index in [9.17, 15) is 0 Å². The third-order valence-electron chi connectivity index (χ3n) is 14.3. The molecule has 0 N–H and O–H groups in total. The van der Waals surface area contributed by atoms with E-state index in [1.54, 1.807) is 0 Å². The fourth-order valence-electron chi connectivity index (χ4n) is 10.8. The summed E-state index contributed by atoms with van der Waals surface area (Å²) in [6.07, 6.45) is 0. The summed E-state index contributed by atoms with van der Waals surface area (Å²) < 4.78 is 6.74. The fourth-order valence-corrected chi connectivity index (χ4v) is 10.8. The zero-order valence-electron chi connectivity index (χ0n) is 37.4. The summed E-state index contributed by atoms with van der Waals surface area (Å²) in [5, 5.41) is 7.21. The van der Waals surface area contributed by atoms with Gasteiger partial charge in [-0.25, -0.2) is 0 Å². The third kappa shape index (κ3) is 6.40. The molecule has 2 nitrogen and oxygen atoms in total. The molecule has 316 valence electrons. The molecule has 0 spiro atoms. The molecule has 13 rings (SSSR count). The van der Waals surface area contributed by atoms with Crippen LogP contribution < -0.4 is 4.90 Å². The first-order valence-electron chi connectivity index (χ1n) is 23.2. The van der Waals surface area contributed by atoms with Gasteiger partial charge in [-0.2, -0.15) is 0 Å². The summed E-state index contributed by atoms with van der Waals surface area (Å²) in [5.74, 6) is 0.